The minimum absolute atomic E-state index is 0.167. The fraction of sp³-hybridized carbons (Fsp3) is 0.231. The molecular weight excluding hydrogens is 218 g/mol. The molecule has 0 bridgehead atoms. The number of anilines is 1. The van der Waals surface area contributed by atoms with E-state index >= 15 is 0 Å². The van der Waals surface area contributed by atoms with Gasteiger partial charge in [0.05, 0.1) is 0 Å². The summed E-state index contributed by atoms with van der Waals surface area (Å²) in [6.45, 7) is 5.24. The summed E-state index contributed by atoms with van der Waals surface area (Å²) >= 11 is 0. The van der Waals surface area contributed by atoms with Crippen LogP contribution in [0.25, 0.3) is 0 Å². The van der Waals surface area contributed by atoms with Crippen molar-refractivity contribution in [1.29, 1.82) is 0 Å². The van der Waals surface area contributed by atoms with E-state index in [2.05, 4.69) is 5.32 Å². The Labute approximate surface area is 100.0 Å². The molecule has 0 unspecified atom stereocenters. The Morgan fingerprint density at radius 1 is 1.24 bits per heavy atom. The molecule has 4 heteroatoms. The molecule has 2 N–H and O–H groups in total. The van der Waals surface area contributed by atoms with Gasteiger partial charge in [-0.3, -0.25) is 4.79 Å². The molecule has 0 aliphatic rings. The van der Waals surface area contributed by atoms with Crippen molar-refractivity contribution in [2.24, 2.45) is 0 Å². The molecule has 1 amide bonds. The predicted molar refractivity (Wildman–Crippen MR) is 65.9 cm³/mol. The number of nitrogens with one attached hydrogen (secondary N) is 1. The third-order valence-electron chi connectivity index (χ3n) is 2.42. The Hall–Kier alpha value is -2.10. The van der Waals surface area contributed by atoms with Gasteiger partial charge in [-0.15, -0.1) is 0 Å². The van der Waals surface area contributed by atoms with Gasteiger partial charge in [-0.25, -0.2) is 4.79 Å². The zero-order valence-corrected chi connectivity index (χ0v) is 10.1. The second-order valence-corrected chi connectivity index (χ2v) is 3.89. The number of carboxylic acids is 1. The highest BCUT2D eigenvalue weighted by Gasteiger charge is 2.09. The number of para-hydroxylation sites is 1. The SMILES string of the molecule is C/C(=C/C(=O)O)C(=O)Nc1c(C)cccc1C. The molecule has 0 saturated heterocycles. The number of hydrogen-bond acceptors (Lipinski definition) is 2. The molecule has 0 radical (unpaired) electrons. The lowest BCUT2D eigenvalue weighted by molar-refractivity contribution is -0.131. The summed E-state index contributed by atoms with van der Waals surface area (Å²) in [6.07, 6.45) is 0.892. The van der Waals surface area contributed by atoms with E-state index in [-0.39, 0.29) is 5.57 Å². The highest BCUT2D eigenvalue weighted by molar-refractivity contribution is 6.06. The van der Waals surface area contributed by atoms with Crippen LogP contribution < -0.4 is 5.32 Å². The molecule has 90 valence electrons. The van der Waals surface area contributed by atoms with E-state index in [9.17, 15) is 9.59 Å². The van der Waals surface area contributed by atoms with E-state index < -0.39 is 11.9 Å². The third kappa shape index (κ3) is 3.45. The topological polar surface area (TPSA) is 66.4 Å². The Morgan fingerprint density at radius 3 is 2.24 bits per heavy atom. The molecule has 0 saturated carbocycles. The van der Waals surface area contributed by atoms with Gasteiger partial charge in [0.2, 0.25) is 0 Å². The number of benzene rings is 1. The van der Waals surface area contributed by atoms with Gasteiger partial charge in [-0.1, -0.05) is 18.2 Å². The molecule has 1 rings (SSSR count). The van der Waals surface area contributed by atoms with Crippen LogP contribution in [0.2, 0.25) is 0 Å². The van der Waals surface area contributed by atoms with Gasteiger partial charge in [-0.2, -0.15) is 0 Å². The molecule has 1 aromatic rings. The molecule has 4 nitrogen and oxygen atoms in total. The van der Waals surface area contributed by atoms with Gasteiger partial charge in [0.1, 0.15) is 0 Å². The number of rotatable bonds is 3. The second-order valence-electron chi connectivity index (χ2n) is 3.89. The van der Waals surface area contributed by atoms with Gasteiger partial charge >= 0.3 is 5.97 Å². The van der Waals surface area contributed by atoms with Crippen molar-refractivity contribution in [3.63, 3.8) is 0 Å². The monoisotopic (exact) mass is 233 g/mol. The smallest absolute Gasteiger partial charge is 0.328 e. The molecule has 0 spiro atoms. The van der Waals surface area contributed by atoms with Crippen molar-refractivity contribution >= 4 is 17.6 Å². The van der Waals surface area contributed by atoms with Crippen molar-refractivity contribution in [3.8, 4) is 0 Å². The zero-order chi connectivity index (χ0) is 13.0. The van der Waals surface area contributed by atoms with Gasteiger partial charge < -0.3 is 10.4 Å². The van der Waals surface area contributed by atoms with Gasteiger partial charge in [-0.05, 0) is 31.9 Å². The molecule has 0 fully saturated rings. The van der Waals surface area contributed by atoms with Crippen molar-refractivity contribution in [3.05, 3.63) is 41.0 Å². The zero-order valence-electron chi connectivity index (χ0n) is 10.1. The maximum Gasteiger partial charge on any atom is 0.328 e. The van der Waals surface area contributed by atoms with E-state index in [1.54, 1.807) is 0 Å². The van der Waals surface area contributed by atoms with Crippen LogP contribution in [0, 0.1) is 13.8 Å². The van der Waals surface area contributed by atoms with Crippen LogP contribution in [-0.4, -0.2) is 17.0 Å². The summed E-state index contributed by atoms with van der Waals surface area (Å²) in [7, 11) is 0. The minimum atomic E-state index is -1.13. The quantitative estimate of drug-likeness (QED) is 0.787. The summed E-state index contributed by atoms with van der Waals surface area (Å²) in [5.41, 5.74) is 2.79. The normalized spacial score (nSPS) is 11.1. The van der Waals surface area contributed by atoms with Crippen molar-refractivity contribution < 1.29 is 14.7 Å². The predicted octanol–water partition coefficient (Wildman–Crippen LogP) is 2.27. The lowest BCUT2D eigenvalue weighted by Crippen LogP contribution is -2.15. The maximum absolute atomic E-state index is 11.7. The Balaban J connectivity index is 2.93. The molecule has 17 heavy (non-hydrogen) atoms. The van der Waals surface area contributed by atoms with Crippen LogP contribution in [0.5, 0.6) is 0 Å². The van der Waals surface area contributed by atoms with Crippen LogP contribution >= 0.6 is 0 Å². The van der Waals surface area contributed by atoms with Crippen LogP contribution in [0.3, 0.4) is 0 Å². The van der Waals surface area contributed by atoms with E-state index in [1.807, 2.05) is 32.0 Å². The first-order valence-corrected chi connectivity index (χ1v) is 5.20. The number of aryl methyl sites for hydroxylation is 2. The minimum Gasteiger partial charge on any atom is -0.478 e. The third-order valence-corrected chi connectivity index (χ3v) is 2.42. The van der Waals surface area contributed by atoms with E-state index in [1.165, 1.54) is 6.92 Å². The lowest BCUT2D eigenvalue weighted by Gasteiger charge is -2.11. The fourth-order valence-electron chi connectivity index (χ4n) is 1.47. The van der Waals surface area contributed by atoms with Crippen LogP contribution in [-0.2, 0) is 9.59 Å². The van der Waals surface area contributed by atoms with Crippen LogP contribution in [0.15, 0.2) is 29.8 Å². The summed E-state index contributed by atoms with van der Waals surface area (Å²) in [5.74, 6) is -1.52. The van der Waals surface area contributed by atoms with Crippen molar-refractivity contribution in [2.45, 2.75) is 20.8 Å². The van der Waals surface area contributed by atoms with Gasteiger partial charge in [0.15, 0.2) is 0 Å². The number of carboxylic acid groups (broad SMARTS) is 1. The average molecular weight is 233 g/mol. The molecule has 1 aromatic carbocycles. The van der Waals surface area contributed by atoms with E-state index in [0.717, 1.165) is 22.9 Å². The molecular formula is C13H15NO3. The summed E-state index contributed by atoms with van der Waals surface area (Å²) in [4.78, 5) is 22.2. The van der Waals surface area contributed by atoms with Crippen LogP contribution in [0.4, 0.5) is 5.69 Å². The van der Waals surface area contributed by atoms with Crippen molar-refractivity contribution in [1.82, 2.24) is 0 Å². The standard InChI is InChI=1S/C13H15NO3/c1-8-5-4-6-9(2)12(8)14-13(17)10(3)7-11(15)16/h4-7H,1-3H3,(H,14,17)(H,15,16)/b10-7-. The molecule has 0 aromatic heterocycles. The Bertz CT molecular complexity index is 469. The van der Waals surface area contributed by atoms with Gasteiger partial charge in [0.25, 0.3) is 5.91 Å². The first-order chi connectivity index (χ1) is 7.91. The Morgan fingerprint density at radius 2 is 1.76 bits per heavy atom. The fourth-order valence-corrected chi connectivity index (χ4v) is 1.47. The number of carbonyl (C=O) groups is 2. The highest BCUT2D eigenvalue weighted by Crippen LogP contribution is 2.19. The second kappa shape index (κ2) is 5.30. The summed E-state index contributed by atoms with van der Waals surface area (Å²) in [5, 5.41) is 11.3. The maximum atomic E-state index is 11.7. The highest BCUT2D eigenvalue weighted by atomic mass is 16.4. The van der Waals surface area contributed by atoms with E-state index in [0.29, 0.717) is 0 Å². The summed E-state index contributed by atoms with van der Waals surface area (Å²) < 4.78 is 0. The molecule has 0 aliphatic heterocycles. The molecule has 0 aliphatic carbocycles. The number of aliphatic carboxylic acids is 1. The Kier molecular flexibility index (Phi) is 4.04. The number of hydrogen-bond donors (Lipinski definition) is 2. The van der Waals surface area contributed by atoms with Crippen molar-refractivity contribution in [2.75, 3.05) is 5.32 Å². The number of amides is 1. The largest absolute Gasteiger partial charge is 0.478 e. The van der Waals surface area contributed by atoms with E-state index in [4.69, 9.17) is 5.11 Å². The number of carbonyl (C=O) groups excluding carboxylic acids is 1. The first-order valence-electron chi connectivity index (χ1n) is 5.20. The molecule has 0 heterocycles. The molecule has 0 atom stereocenters. The first kappa shape index (κ1) is 13.0. The van der Waals surface area contributed by atoms with Crippen LogP contribution in [0.1, 0.15) is 18.1 Å². The average Bonchev–Trinajstić information content (AvgIpc) is 2.22. The van der Waals surface area contributed by atoms with Gasteiger partial charge in [0, 0.05) is 17.3 Å². The lowest BCUT2D eigenvalue weighted by atomic mass is 10.1. The summed E-state index contributed by atoms with van der Waals surface area (Å²) in [6, 6.07) is 5.68.